The van der Waals surface area contributed by atoms with Gasteiger partial charge in [-0.1, -0.05) is 48.4 Å². The summed E-state index contributed by atoms with van der Waals surface area (Å²) in [7, 11) is 3.24. The van der Waals surface area contributed by atoms with E-state index in [0.717, 1.165) is 47.4 Å². The van der Waals surface area contributed by atoms with Gasteiger partial charge in [0.2, 0.25) is 5.91 Å². The molecule has 0 bridgehead atoms. The Bertz CT molecular complexity index is 1050. The summed E-state index contributed by atoms with van der Waals surface area (Å²) < 4.78 is 10.6. The molecular formula is C27H33N3O4. The molecule has 2 amide bonds. The number of carbonyl (C=O) groups excluding carboxylic acids is 2. The van der Waals surface area contributed by atoms with E-state index in [-0.39, 0.29) is 30.3 Å². The highest BCUT2D eigenvalue weighted by atomic mass is 16.5. The molecule has 0 spiro atoms. The summed E-state index contributed by atoms with van der Waals surface area (Å²) in [6.07, 6.45) is 3.45. The summed E-state index contributed by atoms with van der Waals surface area (Å²) in [5.74, 6) is 0.618. The van der Waals surface area contributed by atoms with Gasteiger partial charge in [0.1, 0.15) is 12.3 Å². The maximum absolute atomic E-state index is 13.6. The van der Waals surface area contributed by atoms with Crippen LogP contribution in [0.5, 0.6) is 5.75 Å². The summed E-state index contributed by atoms with van der Waals surface area (Å²) in [5, 5.41) is 6.32. The number of carbonyl (C=O) groups is 2. The van der Waals surface area contributed by atoms with Gasteiger partial charge in [-0.25, -0.2) is 5.01 Å². The molecular weight excluding hydrogens is 430 g/mol. The number of aryl methyl sites for hydroxylation is 1. The minimum Gasteiger partial charge on any atom is -0.497 e. The molecule has 1 saturated carbocycles. The zero-order valence-electron chi connectivity index (χ0n) is 20.2. The topological polar surface area (TPSA) is 71.4 Å². The van der Waals surface area contributed by atoms with Crippen LogP contribution in [0.2, 0.25) is 0 Å². The van der Waals surface area contributed by atoms with Crippen molar-refractivity contribution in [3.63, 3.8) is 0 Å². The average molecular weight is 464 g/mol. The van der Waals surface area contributed by atoms with Crippen molar-refractivity contribution in [1.82, 2.24) is 9.91 Å². The van der Waals surface area contributed by atoms with Gasteiger partial charge in [-0.15, -0.1) is 0 Å². The highest BCUT2D eigenvalue weighted by Crippen LogP contribution is 2.34. The van der Waals surface area contributed by atoms with E-state index in [1.165, 1.54) is 0 Å². The number of hydrazone groups is 1. The second-order valence-corrected chi connectivity index (χ2v) is 9.03. The molecule has 2 aromatic carbocycles. The smallest absolute Gasteiger partial charge is 0.262 e. The molecule has 0 aromatic heterocycles. The van der Waals surface area contributed by atoms with E-state index in [0.29, 0.717) is 19.6 Å². The first-order valence-corrected chi connectivity index (χ1v) is 11.9. The van der Waals surface area contributed by atoms with Gasteiger partial charge in [-0.2, -0.15) is 5.10 Å². The van der Waals surface area contributed by atoms with Crippen LogP contribution in [0.15, 0.2) is 53.6 Å². The third-order valence-electron chi connectivity index (χ3n) is 6.69. The lowest BCUT2D eigenvalue weighted by Crippen LogP contribution is -2.46. The first kappa shape index (κ1) is 24.0. The Morgan fingerprint density at radius 1 is 1.12 bits per heavy atom. The van der Waals surface area contributed by atoms with Crippen molar-refractivity contribution in [3.05, 3.63) is 65.2 Å². The molecule has 4 rings (SSSR count). The molecule has 2 aromatic rings. The second-order valence-electron chi connectivity index (χ2n) is 9.03. The third-order valence-corrected chi connectivity index (χ3v) is 6.69. The lowest BCUT2D eigenvalue weighted by Gasteiger charge is -2.32. The molecule has 1 unspecified atom stereocenters. The van der Waals surface area contributed by atoms with E-state index in [1.807, 2.05) is 55.5 Å². The lowest BCUT2D eigenvalue weighted by atomic mass is 9.84. The maximum Gasteiger partial charge on any atom is 0.262 e. The van der Waals surface area contributed by atoms with Crippen LogP contribution >= 0.6 is 0 Å². The largest absolute Gasteiger partial charge is 0.497 e. The van der Waals surface area contributed by atoms with Crippen molar-refractivity contribution < 1.29 is 19.1 Å². The molecule has 7 nitrogen and oxygen atoms in total. The highest BCUT2D eigenvalue weighted by Gasteiger charge is 2.36. The molecule has 7 heteroatoms. The first-order chi connectivity index (χ1) is 16.5. The van der Waals surface area contributed by atoms with Gasteiger partial charge in [0.25, 0.3) is 5.91 Å². The molecule has 0 N–H and O–H groups in total. The van der Waals surface area contributed by atoms with Crippen LogP contribution in [0, 0.1) is 12.8 Å². The van der Waals surface area contributed by atoms with E-state index in [9.17, 15) is 9.59 Å². The van der Waals surface area contributed by atoms with Gasteiger partial charge >= 0.3 is 0 Å². The summed E-state index contributed by atoms with van der Waals surface area (Å²) in [6.45, 7) is 2.83. The van der Waals surface area contributed by atoms with Crippen LogP contribution in [0.4, 0.5) is 0 Å². The van der Waals surface area contributed by atoms with E-state index in [4.69, 9.17) is 14.6 Å². The van der Waals surface area contributed by atoms with Gasteiger partial charge < -0.3 is 14.4 Å². The number of benzene rings is 2. The number of hydrogen-bond acceptors (Lipinski definition) is 5. The van der Waals surface area contributed by atoms with Crippen LogP contribution < -0.4 is 4.74 Å². The van der Waals surface area contributed by atoms with E-state index in [1.54, 1.807) is 24.1 Å². The highest BCUT2D eigenvalue weighted by molar-refractivity contribution is 6.03. The van der Waals surface area contributed by atoms with Crippen LogP contribution in [0.1, 0.15) is 48.4 Å². The number of hydrogen-bond donors (Lipinski definition) is 0. The fourth-order valence-corrected chi connectivity index (χ4v) is 4.38. The van der Waals surface area contributed by atoms with Gasteiger partial charge in [-0.05, 0) is 37.5 Å². The standard InChI is InChI=1S/C27H33N3O4/c1-19-10-12-20(13-11-19)25-17-24(22-8-5-9-23(16-22)34-3)28-30(25)26(31)18-29(14-15-33-2)27(32)21-6-4-7-21/h5,8-13,16,21,25H,4,6-7,14-15,17-18H2,1-3H3. The number of amides is 2. The van der Waals surface area contributed by atoms with E-state index < -0.39 is 0 Å². The molecule has 34 heavy (non-hydrogen) atoms. The summed E-state index contributed by atoms with van der Waals surface area (Å²) in [4.78, 5) is 28.2. The van der Waals surface area contributed by atoms with Crippen molar-refractivity contribution in [2.24, 2.45) is 11.0 Å². The second kappa shape index (κ2) is 10.8. The monoisotopic (exact) mass is 463 g/mol. The van der Waals surface area contributed by atoms with Gasteiger partial charge in [0, 0.05) is 31.6 Å². The van der Waals surface area contributed by atoms with E-state index >= 15 is 0 Å². The quantitative estimate of drug-likeness (QED) is 0.564. The van der Waals surface area contributed by atoms with Crippen molar-refractivity contribution in [2.45, 2.75) is 38.6 Å². The predicted octanol–water partition coefficient (Wildman–Crippen LogP) is 3.96. The van der Waals surface area contributed by atoms with E-state index in [2.05, 4.69) is 0 Å². The number of nitrogens with zero attached hydrogens (tertiary/aromatic N) is 3. The predicted molar refractivity (Wildman–Crippen MR) is 131 cm³/mol. The molecule has 0 saturated heterocycles. The van der Waals surface area contributed by atoms with Crippen LogP contribution in [-0.4, -0.2) is 61.4 Å². The molecule has 0 radical (unpaired) electrons. The van der Waals surface area contributed by atoms with Crippen LogP contribution in [0.25, 0.3) is 0 Å². The molecule has 180 valence electrons. The lowest BCUT2D eigenvalue weighted by molar-refractivity contribution is -0.146. The summed E-state index contributed by atoms with van der Waals surface area (Å²) >= 11 is 0. The van der Waals surface area contributed by atoms with Crippen molar-refractivity contribution in [2.75, 3.05) is 33.9 Å². The molecule has 1 aliphatic heterocycles. The van der Waals surface area contributed by atoms with Crippen molar-refractivity contribution in [3.8, 4) is 5.75 Å². The molecule has 1 atom stereocenters. The van der Waals surface area contributed by atoms with Gasteiger partial charge in [-0.3, -0.25) is 9.59 Å². The fourth-order valence-electron chi connectivity index (χ4n) is 4.38. The Balaban J connectivity index is 1.60. The fraction of sp³-hybridized carbons (Fsp3) is 0.444. The zero-order chi connectivity index (χ0) is 24.1. The SMILES string of the molecule is COCCN(CC(=O)N1N=C(c2cccc(OC)c2)CC1c1ccc(C)cc1)C(=O)C1CCC1. The average Bonchev–Trinajstić information content (AvgIpc) is 3.26. The van der Waals surface area contributed by atoms with Gasteiger partial charge in [0.15, 0.2) is 0 Å². The molecule has 1 fully saturated rings. The normalized spacial score (nSPS) is 17.8. The Morgan fingerprint density at radius 3 is 2.53 bits per heavy atom. The zero-order valence-corrected chi connectivity index (χ0v) is 20.2. The number of rotatable bonds is 9. The molecule has 1 heterocycles. The van der Waals surface area contributed by atoms with Crippen LogP contribution in [-0.2, 0) is 14.3 Å². The Morgan fingerprint density at radius 2 is 1.88 bits per heavy atom. The Hall–Kier alpha value is -3.19. The van der Waals surface area contributed by atoms with Gasteiger partial charge in [0.05, 0.1) is 25.5 Å². The third kappa shape index (κ3) is 5.30. The maximum atomic E-state index is 13.6. The minimum atomic E-state index is -0.225. The van der Waals surface area contributed by atoms with Crippen molar-refractivity contribution >= 4 is 17.5 Å². The molecule has 1 aliphatic carbocycles. The number of methoxy groups -OCH3 is 2. The first-order valence-electron chi connectivity index (χ1n) is 11.9. The van der Waals surface area contributed by atoms with Crippen LogP contribution in [0.3, 0.4) is 0 Å². The van der Waals surface area contributed by atoms with Crippen molar-refractivity contribution in [1.29, 1.82) is 0 Å². The molecule has 2 aliphatic rings. The number of ether oxygens (including phenoxy) is 2. The summed E-state index contributed by atoms with van der Waals surface area (Å²) in [5.41, 5.74) is 3.93. The summed E-state index contributed by atoms with van der Waals surface area (Å²) in [6, 6.07) is 15.7. The minimum absolute atomic E-state index is 0.00402. The Labute approximate surface area is 201 Å². The Kier molecular flexibility index (Phi) is 7.63.